The van der Waals surface area contributed by atoms with Crippen molar-refractivity contribution in [2.24, 2.45) is 41.3 Å². The van der Waals surface area contributed by atoms with Gasteiger partial charge in [0.25, 0.3) is 0 Å². The molecule has 0 amide bonds. The minimum atomic E-state index is -2.03. The van der Waals surface area contributed by atoms with Crippen molar-refractivity contribution in [2.75, 3.05) is 139 Å². The maximum Gasteiger partial charge on any atom is 0.187 e. The first kappa shape index (κ1) is 101. The van der Waals surface area contributed by atoms with E-state index < -0.39 is 307 Å². The lowest BCUT2D eigenvalue weighted by Crippen LogP contribution is -2.69. The van der Waals surface area contributed by atoms with Crippen LogP contribution in [-0.4, -0.2) is 425 Å². The van der Waals surface area contributed by atoms with Crippen LogP contribution in [-0.2, 0) is 133 Å². The number of rotatable bonds is 42. The Balaban J connectivity index is 1.28. The number of ether oxygens (including phenoxy) is 21. The number of hydrogen-bond donors (Lipinski definition) is 21. The molecule has 49 heteroatoms. The molecular weight excluding hydrogens is 1610 g/mol. The molecule has 0 aromatic heterocycles. The van der Waals surface area contributed by atoms with Crippen LogP contribution in [0.3, 0.4) is 0 Å². The first-order valence-corrected chi connectivity index (χ1v) is 38.2. The molecular formula is C70H119N7O42. The van der Waals surface area contributed by atoms with E-state index in [0.29, 0.717) is 0 Å². The van der Waals surface area contributed by atoms with Gasteiger partial charge in [-0.05, 0) is 0 Å². The first-order valence-electron chi connectivity index (χ1n) is 38.2. The summed E-state index contributed by atoms with van der Waals surface area (Å²) in [6, 6.07) is 0. The third-order valence-electron chi connectivity index (χ3n) is 19.8. The van der Waals surface area contributed by atoms with Gasteiger partial charge in [0, 0.05) is 0 Å². The summed E-state index contributed by atoms with van der Waals surface area (Å²) < 4.78 is 134. The maximum absolute atomic E-state index is 12.7. The Morgan fingerprint density at radius 1 is 0.176 bits per heavy atom. The second kappa shape index (κ2) is 54.3. The summed E-state index contributed by atoms with van der Waals surface area (Å²) in [5, 5.41) is 168. The van der Waals surface area contributed by atoms with Gasteiger partial charge in [-0.3, -0.25) is 0 Å². The van der Waals surface area contributed by atoms with Gasteiger partial charge in [-0.2, -0.15) is 0 Å². The van der Waals surface area contributed by atoms with E-state index >= 15 is 0 Å². The zero-order valence-corrected chi connectivity index (χ0v) is 64.9. The Morgan fingerprint density at radius 3 is 0.387 bits per heavy atom. The molecule has 15 rings (SSSR count). The highest BCUT2D eigenvalue weighted by Crippen LogP contribution is 2.42. The van der Waals surface area contributed by atoms with Crippen LogP contribution in [0.25, 0.3) is 0 Å². The third kappa shape index (κ3) is 27.9. The van der Waals surface area contributed by atoms with Crippen molar-refractivity contribution in [3.63, 3.8) is 0 Å². The number of aliphatic hydroxyl groups is 14. The molecule has 0 aromatic carbocycles. The van der Waals surface area contributed by atoms with Gasteiger partial charge in [0.2, 0.25) is 0 Å². The molecule has 49 nitrogen and oxygen atoms in total. The number of fused-ring (bicyclic) bond motifs is 7. The summed E-state index contributed by atoms with van der Waals surface area (Å²) in [6.07, 6.45) is -44.9. The highest BCUT2D eigenvalue weighted by Gasteiger charge is 2.61. The van der Waals surface area contributed by atoms with E-state index in [1.165, 1.54) is 85.1 Å². The van der Waals surface area contributed by atoms with Crippen LogP contribution in [0.1, 0.15) is 0 Å². The van der Waals surface area contributed by atoms with E-state index in [2.05, 4.69) is 33.9 Å². The number of nitrogens with two attached hydrogens (primary N) is 7. The molecule has 35 atom stereocenters. The Morgan fingerprint density at radius 2 is 0.286 bits per heavy atom. The molecule has 28 N–H and O–H groups in total. The molecule has 15 aliphatic heterocycles. The molecule has 15 aliphatic rings. The van der Waals surface area contributed by atoms with Gasteiger partial charge < -0.3 is 205 Å². The van der Waals surface area contributed by atoms with E-state index in [4.69, 9.17) is 141 Å². The summed E-state index contributed by atoms with van der Waals surface area (Å²) in [6.45, 7) is -10.8. The van der Waals surface area contributed by atoms with Crippen LogP contribution in [0.15, 0.2) is 85.1 Å². The Kier molecular flexibility index (Phi) is 45.9. The van der Waals surface area contributed by atoms with Crippen molar-refractivity contribution in [3.8, 4) is 0 Å². The molecule has 14 bridgehead atoms. The Hall–Kier alpha value is -3.78. The van der Waals surface area contributed by atoms with Crippen molar-refractivity contribution < 1.29 is 205 Å². The van der Waals surface area contributed by atoms with Crippen molar-refractivity contribution in [1.82, 2.24) is 0 Å². The van der Waals surface area contributed by atoms with Crippen molar-refractivity contribution in [1.29, 1.82) is 0 Å². The normalized spacial score (nSPS) is 40.5. The number of aliphatic hydroxyl groups excluding tert-OH is 14. The minimum Gasteiger partial charge on any atom is -0.394 e. The summed E-state index contributed by atoms with van der Waals surface area (Å²) in [5.74, 6) is 37.0. The van der Waals surface area contributed by atoms with E-state index in [1.54, 1.807) is 0 Å². The zero-order chi connectivity index (χ0) is 85.8. The van der Waals surface area contributed by atoms with Crippen molar-refractivity contribution >= 4 is 0 Å². The minimum absolute atomic E-state index is 0.128. The molecule has 0 saturated carbocycles. The Bertz CT molecular complexity index is 2450. The lowest BCUT2D eigenvalue weighted by atomic mass is 9.95. The predicted octanol–water partition coefficient (Wildman–Crippen LogP) is -11.9. The van der Waals surface area contributed by atoms with Crippen LogP contribution in [0, 0.1) is 0 Å². The monoisotopic (exact) mass is 1730 g/mol. The highest BCUT2D eigenvalue weighted by atomic mass is 16.8. The molecule has 15 heterocycles. The average Bonchev–Trinajstić information content (AvgIpc) is 0.808. The van der Waals surface area contributed by atoms with Crippen LogP contribution < -0.4 is 41.3 Å². The zero-order valence-electron chi connectivity index (χ0n) is 64.9. The van der Waals surface area contributed by atoms with E-state index in [-0.39, 0.29) is 46.2 Å². The molecule has 15 saturated heterocycles. The van der Waals surface area contributed by atoms with Crippen LogP contribution >= 0.6 is 0 Å². The van der Waals surface area contributed by atoms with Crippen molar-refractivity contribution in [2.45, 2.75) is 215 Å². The SMILES string of the molecule is NOC/C=C/CO[C@@H]1[C@@H]2O[C@@H]3[C@@H](O)[C@H](OC/C=C/CON)[C@H](O[C@@H]4[C@@H](O)[C@H](OC/C=C/CON)[C@H](O[C@@H]5[C@@H](O)[C@@H](OC/C=C/CON)[C@H](O[C@@H]6[C@@H](O)[C@H](OC/C=C/CON)[C@H](O[C@@H]7[C@H](O)[C@@H](OC/C=C/CON)[C@H](O[C@@H]8[C@@H](O)[C@@H](OC/C=C/CON)[C@H](O[C@H]([C@H]1O)[C@H](CO)O2)O[C@H]8CO)O[C@H]7CO)O[C@H]6CO)O[C@@H]5CO)O[C@@H]4CO)O[C@@H]3CO. The summed E-state index contributed by atoms with van der Waals surface area (Å²) in [4.78, 5) is 32.7. The summed E-state index contributed by atoms with van der Waals surface area (Å²) in [7, 11) is 0. The fraction of sp³-hybridized carbons (Fsp3) is 0.800. The van der Waals surface area contributed by atoms with Gasteiger partial charge in [-0.25, -0.2) is 41.3 Å². The smallest absolute Gasteiger partial charge is 0.187 e. The first-order chi connectivity index (χ1) is 57.9. The van der Waals surface area contributed by atoms with Gasteiger partial charge in [-0.15, -0.1) is 0 Å². The second-order valence-electron chi connectivity index (χ2n) is 27.4. The lowest BCUT2D eigenvalue weighted by Gasteiger charge is -2.51. The van der Waals surface area contributed by atoms with Crippen LogP contribution in [0.2, 0.25) is 0 Å². The standard InChI is InChI=1S/C70H119N7O42/c71-99-22-8-1-15-92-57-43(85)50-36(29-78)106-64(57)113-51-37(30-79)107-66(58(44(51)86)93-16-2-9-23-100-72)115-53-39(32-81)109-68(60(46(53)88)95-18-4-11-25-102-74)117-55-41(34-83)111-70(62(48(55)90)97-20-6-13-27-104-76)119-56-42(35-84)112-69(63(49(56)91)98-21-7-14-28-105-77)118-54-40(33-82)110-67(61(47(54)89)96-19-5-12-26-103-75)116-52-38(31-80)108-65(114-50)59(45(52)87)94-17-3-10-24-101-73/h1-14,36-70,78-91H,15-35,71-77H2/b8-1+,9-2+,10-3+,11-4+,12-5+,13-6+,14-7+/t36-,37-,38-,39-,40+,41+,42+,43-,44+,45+,46+,47+,48+,49+,50-,51-,52-,53-,54-,55-,56-,57+,58+,59-,60-,61+,62-,63-,64-,65-,66-,67-,68-,69-,70-/m0/s1. The molecule has 0 radical (unpaired) electrons. The molecule has 0 aliphatic carbocycles. The maximum atomic E-state index is 12.7. The fourth-order valence-corrected chi connectivity index (χ4v) is 14.1. The van der Waals surface area contributed by atoms with Gasteiger partial charge in [0.15, 0.2) is 44.0 Å². The molecule has 0 aromatic rings. The largest absolute Gasteiger partial charge is 0.394 e. The van der Waals surface area contributed by atoms with E-state index in [1.807, 2.05) is 0 Å². The molecule has 15 fully saturated rings. The van der Waals surface area contributed by atoms with Crippen molar-refractivity contribution in [3.05, 3.63) is 85.1 Å². The van der Waals surface area contributed by atoms with Gasteiger partial charge in [-0.1, -0.05) is 85.1 Å². The van der Waals surface area contributed by atoms with Gasteiger partial charge >= 0.3 is 0 Å². The number of hydrogen-bond acceptors (Lipinski definition) is 49. The Labute approximate surface area is 682 Å². The van der Waals surface area contributed by atoms with Crippen LogP contribution in [0.5, 0.6) is 0 Å². The molecule has 686 valence electrons. The molecule has 0 unspecified atom stereocenters. The summed E-state index contributed by atoms with van der Waals surface area (Å²) >= 11 is 0. The third-order valence-corrected chi connectivity index (χ3v) is 19.8. The van der Waals surface area contributed by atoms with E-state index in [9.17, 15) is 71.5 Å². The quantitative estimate of drug-likeness (QED) is 0.0199. The molecule has 119 heavy (non-hydrogen) atoms. The van der Waals surface area contributed by atoms with Crippen LogP contribution in [0.4, 0.5) is 0 Å². The predicted molar refractivity (Wildman–Crippen MR) is 390 cm³/mol. The van der Waals surface area contributed by atoms with Gasteiger partial charge in [0.05, 0.1) is 139 Å². The van der Waals surface area contributed by atoms with E-state index in [0.717, 1.165) is 0 Å². The summed E-state index contributed by atoms with van der Waals surface area (Å²) in [5.41, 5.74) is 0. The van der Waals surface area contributed by atoms with Gasteiger partial charge in [0.1, 0.15) is 171 Å². The topological polar surface area (TPSA) is 724 Å². The average molecular weight is 1730 g/mol. The molecule has 0 spiro atoms. The fourth-order valence-electron chi connectivity index (χ4n) is 14.1. The highest BCUT2D eigenvalue weighted by molar-refractivity contribution is 5.05. The lowest BCUT2D eigenvalue weighted by molar-refractivity contribution is -0.401. The second-order valence-corrected chi connectivity index (χ2v) is 27.4.